The van der Waals surface area contributed by atoms with Crippen LogP contribution in [0.3, 0.4) is 0 Å². The number of amides is 2. The number of carbonyl (C=O) groups excluding carboxylic acids is 3. The number of nitrogens with zero attached hydrogens (tertiary/aromatic N) is 3. The van der Waals surface area contributed by atoms with Crippen LogP contribution in [0.2, 0.25) is 0 Å². The standard InChI is InChI=1S/C21H25F3N4O5/c1-26-5-7-27(8-6-26)18(30)14-4-3-13(11-16(14)21(22,23)24)25-17-15(20(32)33-2)12-28(9-10-29)19(17)31/h3-4,11,25,29H,5-10,12H2,1-2H3. The van der Waals surface area contributed by atoms with Crippen molar-refractivity contribution in [2.24, 2.45) is 0 Å². The van der Waals surface area contributed by atoms with Crippen LogP contribution >= 0.6 is 0 Å². The quantitative estimate of drug-likeness (QED) is 0.592. The molecule has 2 aliphatic heterocycles. The van der Waals surface area contributed by atoms with E-state index in [1.165, 1.54) is 15.9 Å². The molecule has 2 aliphatic rings. The van der Waals surface area contributed by atoms with E-state index in [2.05, 4.69) is 10.1 Å². The molecule has 0 spiro atoms. The van der Waals surface area contributed by atoms with Gasteiger partial charge in [-0.1, -0.05) is 0 Å². The van der Waals surface area contributed by atoms with E-state index in [1.54, 1.807) is 0 Å². The van der Waals surface area contributed by atoms with Gasteiger partial charge in [0, 0.05) is 38.4 Å². The SMILES string of the molecule is COC(=O)C1=C(Nc2ccc(C(=O)N3CCN(C)CC3)c(C(F)(F)F)c2)C(=O)N(CCO)C1. The molecule has 2 heterocycles. The number of aliphatic hydroxyl groups is 1. The lowest BCUT2D eigenvalue weighted by Gasteiger charge is -2.33. The largest absolute Gasteiger partial charge is 0.466 e. The first kappa shape index (κ1) is 24.5. The second kappa shape index (κ2) is 9.79. The highest BCUT2D eigenvalue weighted by Crippen LogP contribution is 2.35. The summed E-state index contributed by atoms with van der Waals surface area (Å²) in [7, 11) is 2.99. The first-order valence-corrected chi connectivity index (χ1v) is 10.2. The van der Waals surface area contributed by atoms with Gasteiger partial charge in [-0.25, -0.2) is 4.79 Å². The third-order valence-electron chi connectivity index (χ3n) is 5.57. The van der Waals surface area contributed by atoms with E-state index in [-0.39, 0.29) is 36.7 Å². The smallest absolute Gasteiger partial charge is 0.417 e. The molecule has 2 amide bonds. The lowest BCUT2D eigenvalue weighted by Crippen LogP contribution is -2.47. The second-order valence-corrected chi connectivity index (χ2v) is 7.77. The van der Waals surface area contributed by atoms with Crippen molar-refractivity contribution in [3.8, 4) is 0 Å². The van der Waals surface area contributed by atoms with E-state index >= 15 is 0 Å². The zero-order chi connectivity index (χ0) is 24.3. The minimum absolute atomic E-state index is 0.0588. The highest BCUT2D eigenvalue weighted by atomic mass is 19.4. The third kappa shape index (κ3) is 5.28. The summed E-state index contributed by atoms with van der Waals surface area (Å²) in [6, 6.07) is 3.06. The molecule has 0 unspecified atom stereocenters. The molecule has 0 aliphatic carbocycles. The molecular weight excluding hydrogens is 445 g/mol. The molecule has 0 saturated carbocycles. The Labute approximate surface area is 188 Å². The molecular formula is C21H25F3N4O5. The molecule has 0 aromatic heterocycles. The average Bonchev–Trinajstić information content (AvgIpc) is 3.08. The predicted molar refractivity (Wildman–Crippen MR) is 111 cm³/mol. The summed E-state index contributed by atoms with van der Waals surface area (Å²) in [4.78, 5) is 42.0. The number of alkyl halides is 3. The number of hydrogen-bond donors (Lipinski definition) is 2. The van der Waals surface area contributed by atoms with Gasteiger partial charge in [0.2, 0.25) is 0 Å². The van der Waals surface area contributed by atoms with Gasteiger partial charge in [0.1, 0.15) is 5.70 Å². The number of benzene rings is 1. The molecule has 2 N–H and O–H groups in total. The fourth-order valence-corrected chi connectivity index (χ4v) is 3.72. The minimum Gasteiger partial charge on any atom is -0.466 e. The van der Waals surface area contributed by atoms with Crippen LogP contribution in [-0.2, 0) is 20.5 Å². The van der Waals surface area contributed by atoms with Gasteiger partial charge in [-0.2, -0.15) is 13.2 Å². The molecule has 0 bridgehead atoms. The number of piperazine rings is 1. The third-order valence-corrected chi connectivity index (χ3v) is 5.57. The maximum atomic E-state index is 13.8. The Hall–Kier alpha value is -3.12. The highest BCUT2D eigenvalue weighted by molar-refractivity contribution is 6.08. The Morgan fingerprint density at radius 1 is 1.18 bits per heavy atom. The molecule has 1 fully saturated rings. The maximum Gasteiger partial charge on any atom is 0.417 e. The van der Waals surface area contributed by atoms with Crippen LogP contribution in [0.4, 0.5) is 18.9 Å². The van der Waals surface area contributed by atoms with Gasteiger partial charge < -0.3 is 29.9 Å². The number of likely N-dealkylation sites (N-methyl/N-ethyl adjacent to an activating group) is 1. The lowest BCUT2D eigenvalue weighted by atomic mass is 10.0. The zero-order valence-electron chi connectivity index (χ0n) is 18.2. The van der Waals surface area contributed by atoms with Crippen LogP contribution in [0.25, 0.3) is 0 Å². The summed E-state index contributed by atoms with van der Waals surface area (Å²) in [5.41, 5.74) is -2.05. The molecule has 0 radical (unpaired) electrons. The van der Waals surface area contributed by atoms with E-state index in [0.29, 0.717) is 26.2 Å². The van der Waals surface area contributed by atoms with Crippen LogP contribution in [0.5, 0.6) is 0 Å². The average molecular weight is 470 g/mol. The van der Waals surface area contributed by atoms with Gasteiger partial charge >= 0.3 is 12.1 Å². The Morgan fingerprint density at radius 3 is 2.42 bits per heavy atom. The van der Waals surface area contributed by atoms with Crippen LogP contribution in [0.15, 0.2) is 29.5 Å². The fraction of sp³-hybridized carbons (Fsp3) is 0.476. The summed E-state index contributed by atoms with van der Waals surface area (Å²) >= 11 is 0. The summed E-state index contributed by atoms with van der Waals surface area (Å²) in [5.74, 6) is -2.19. The predicted octanol–water partition coefficient (Wildman–Crippen LogP) is 0.766. The van der Waals surface area contributed by atoms with Gasteiger partial charge in [-0.3, -0.25) is 9.59 Å². The van der Waals surface area contributed by atoms with Crippen LogP contribution in [0.1, 0.15) is 15.9 Å². The number of carbonyl (C=O) groups is 3. The van der Waals surface area contributed by atoms with E-state index in [4.69, 9.17) is 5.11 Å². The van der Waals surface area contributed by atoms with Crippen LogP contribution in [0, 0.1) is 0 Å². The van der Waals surface area contributed by atoms with Crippen molar-refractivity contribution < 1.29 is 37.4 Å². The number of β-amino-alcohol motifs (C(OH)–C–C–N with tert-alkyl or cyclic N) is 1. The van der Waals surface area contributed by atoms with E-state index in [0.717, 1.165) is 19.2 Å². The van der Waals surface area contributed by atoms with Gasteiger partial charge in [-0.15, -0.1) is 0 Å². The van der Waals surface area contributed by atoms with Crippen molar-refractivity contribution >= 4 is 23.5 Å². The van der Waals surface area contributed by atoms with E-state index < -0.39 is 35.1 Å². The topological polar surface area (TPSA) is 102 Å². The van der Waals surface area contributed by atoms with Gasteiger partial charge in [0.25, 0.3) is 11.8 Å². The molecule has 1 saturated heterocycles. The number of nitrogens with one attached hydrogen (secondary N) is 1. The molecule has 33 heavy (non-hydrogen) atoms. The summed E-state index contributed by atoms with van der Waals surface area (Å²) in [5, 5.41) is 11.7. The Balaban J connectivity index is 1.93. The zero-order valence-corrected chi connectivity index (χ0v) is 18.2. The number of aliphatic hydroxyl groups excluding tert-OH is 1. The Morgan fingerprint density at radius 2 is 1.85 bits per heavy atom. The van der Waals surface area contributed by atoms with Crippen molar-refractivity contribution in [3.63, 3.8) is 0 Å². The number of hydrogen-bond acceptors (Lipinski definition) is 7. The first-order chi connectivity index (χ1) is 15.6. The van der Waals surface area contributed by atoms with Crippen molar-refractivity contribution in [2.75, 3.05) is 65.3 Å². The molecule has 1 aromatic rings. The summed E-state index contributed by atoms with van der Waals surface area (Å²) < 4.78 is 46.2. The molecule has 180 valence electrons. The molecule has 9 nitrogen and oxygen atoms in total. The Bertz CT molecular complexity index is 971. The number of methoxy groups -OCH3 is 1. The molecule has 0 atom stereocenters. The van der Waals surface area contributed by atoms with Crippen LogP contribution < -0.4 is 5.32 Å². The van der Waals surface area contributed by atoms with E-state index in [1.807, 2.05) is 11.9 Å². The van der Waals surface area contributed by atoms with Gasteiger partial charge in [0.15, 0.2) is 0 Å². The van der Waals surface area contributed by atoms with Crippen molar-refractivity contribution in [1.82, 2.24) is 14.7 Å². The lowest BCUT2D eigenvalue weighted by molar-refractivity contribution is -0.138. The fourth-order valence-electron chi connectivity index (χ4n) is 3.72. The minimum atomic E-state index is -4.82. The Kier molecular flexibility index (Phi) is 7.28. The first-order valence-electron chi connectivity index (χ1n) is 10.2. The molecule has 12 heteroatoms. The van der Waals surface area contributed by atoms with Crippen LogP contribution in [-0.4, -0.2) is 97.6 Å². The van der Waals surface area contributed by atoms with E-state index in [9.17, 15) is 27.6 Å². The number of halogens is 3. The van der Waals surface area contributed by atoms with Gasteiger partial charge in [0.05, 0.1) is 37.0 Å². The maximum absolute atomic E-state index is 13.8. The second-order valence-electron chi connectivity index (χ2n) is 7.77. The highest BCUT2D eigenvalue weighted by Gasteiger charge is 2.38. The summed E-state index contributed by atoms with van der Waals surface area (Å²) in [6.45, 7) is 1.19. The van der Waals surface area contributed by atoms with Crippen molar-refractivity contribution in [1.29, 1.82) is 0 Å². The van der Waals surface area contributed by atoms with Crippen molar-refractivity contribution in [2.45, 2.75) is 6.18 Å². The summed E-state index contributed by atoms with van der Waals surface area (Å²) in [6.07, 6.45) is -4.82. The molecule has 3 rings (SSSR count). The number of anilines is 1. The number of esters is 1. The monoisotopic (exact) mass is 470 g/mol. The normalized spacial score (nSPS) is 17.6. The number of rotatable bonds is 6. The van der Waals surface area contributed by atoms with Crippen molar-refractivity contribution in [3.05, 3.63) is 40.6 Å². The molecule has 1 aromatic carbocycles. The number of ether oxygens (including phenoxy) is 1. The van der Waals surface area contributed by atoms with Gasteiger partial charge in [-0.05, 0) is 25.2 Å².